The summed E-state index contributed by atoms with van der Waals surface area (Å²) in [7, 11) is 1.72. The highest BCUT2D eigenvalue weighted by Crippen LogP contribution is 2.26. The van der Waals surface area contributed by atoms with Crippen LogP contribution in [-0.2, 0) is 18.4 Å². The fraction of sp³-hybridized carbons (Fsp3) is 0.389. The number of fused-ring (bicyclic) bond motifs is 1. The average Bonchev–Trinajstić information content (AvgIpc) is 3.17. The molecule has 2 N–H and O–H groups in total. The molecule has 0 atom stereocenters. The Morgan fingerprint density at radius 1 is 1.48 bits per heavy atom. The number of carbonyl (C=O) groups excluding carboxylic acids is 1. The predicted molar refractivity (Wildman–Crippen MR) is 100.0 cm³/mol. The van der Waals surface area contributed by atoms with Gasteiger partial charge in [-0.2, -0.15) is 5.10 Å². The van der Waals surface area contributed by atoms with Crippen LogP contribution in [0.25, 0.3) is 10.9 Å². The van der Waals surface area contributed by atoms with E-state index in [1.807, 2.05) is 25.1 Å². The van der Waals surface area contributed by atoms with Crippen molar-refractivity contribution in [2.24, 2.45) is 7.05 Å². The molecule has 27 heavy (non-hydrogen) atoms. The van der Waals surface area contributed by atoms with Crippen molar-refractivity contribution in [3.8, 4) is 5.75 Å². The molecule has 1 aliphatic rings. The summed E-state index contributed by atoms with van der Waals surface area (Å²) in [4.78, 5) is 18.1. The summed E-state index contributed by atoms with van der Waals surface area (Å²) in [5, 5.41) is 17.5. The predicted octanol–water partition coefficient (Wildman–Crippen LogP) is 1.41. The van der Waals surface area contributed by atoms with Crippen molar-refractivity contribution in [3.63, 3.8) is 0 Å². The highest BCUT2D eigenvalue weighted by Gasteiger charge is 2.40. The van der Waals surface area contributed by atoms with Gasteiger partial charge in [0.05, 0.1) is 41.4 Å². The summed E-state index contributed by atoms with van der Waals surface area (Å²) < 4.78 is 12.6. The maximum Gasteiger partial charge on any atom is 0.270 e. The summed E-state index contributed by atoms with van der Waals surface area (Å²) in [6.45, 7) is 2.80. The van der Waals surface area contributed by atoms with E-state index in [9.17, 15) is 9.90 Å². The van der Waals surface area contributed by atoms with E-state index >= 15 is 0 Å². The molecule has 142 valence electrons. The molecule has 3 heterocycles. The number of hydrogen-bond donors (Lipinski definition) is 2. The Hall–Kier alpha value is -2.49. The Morgan fingerprint density at radius 3 is 2.93 bits per heavy atom. The lowest BCUT2D eigenvalue weighted by Crippen LogP contribution is -2.64. The number of thiazole rings is 1. The van der Waals surface area contributed by atoms with Crippen molar-refractivity contribution in [2.75, 3.05) is 19.8 Å². The minimum Gasteiger partial charge on any atom is -0.488 e. The SMILES string of the molecule is Cc1ncsc1COc1ccc2nn(C)c(C(=O)NC3(CO)COC3)c2c1. The first-order valence-electron chi connectivity index (χ1n) is 8.51. The molecule has 1 amide bonds. The maximum absolute atomic E-state index is 12.8. The number of aryl methyl sites for hydroxylation is 2. The van der Waals surface area contributed by atoms with Crippen molar-refractivity contribution in [1.82, 2.24) is 20.1 Å². The number of nitrogens with one attached hydrogen (secondary N) is 1. The van der Waals surface area contributed by atoms with Gasteiger partial charge in [-0.15, -0.1) is 11.3 Å². The first-order valence-corrected chi connectivity index (χ1v) is 9.39. The second-order valence-electron chi connectivity index (χ2n) is 6.69. The van der Waals surface area contributed by atoms with Crippen molar-refractivity contribution < 1.29 is 19.4 Å². The minimum absolute atomic E-state index is 0.170. The van der Waals surface area contributed by atoms with Crippen LogP contribution in [0.4, 0.5) is 0 Å². The number of carbonyl (C=O) groups is 1. The second kappa shape index (κ2) is 6.91. The molecule has 9 heteroatoms. The van der Waals surface area contributed by atoms with Gasteiger partial charge in [0, 0.05) is 12.4 Å². The Balaban J connectivity index is 1.59. The quantitative estimate of drug-likeness (QED) is 0.663. The lowest BCUT2D eigenvalue weighted by atomic mass is 9.98. The molecule has 0 aliphatic carbocycles. The van der Waals surface area contributed by atoms with Crippen molar-refractivity contribution in [3.05, 3.63) is 40.0 Å². The van der Waals surface area contributed by atoms with E-state index in [1.54, 1.807) is 28.6 Å². The molecule has 0 radical (unpaired) electrons. The molecule has 1 aromatic carbocycles. The molecule has 0 bridgehead atoms. The van der Waals surface area contributed by atoms with Gasteiger partial charge in [0.25, 0.3) is 5.91 Å². The highest BCUT2D eigenvalue weighted by atomic mass is 32.1. The van der Waals surface area contributed by atoms with Gasteiger partial charge in [0.15, 0.2) is 0 Å². The zero-order chi connectivity index (χ0) is 19.0. The van der Waals surface area contributed by atoms with E-state index in [4.69, 9.17) is 9.47 Å². The summed E-state index contributed by atoms with van der Waals surface area (Å²) >= 11 is 1.55. The Bertz CT molecular complexity index is 987. The van der Waals surface area contributed by atoms with E-state index in [0.29, 0.717) is 42.2 Å². The van der Waals surface area contributed by atoms with E-state index in [1.165, 1.54) is 0 Å². The summed E-state index contributed by atoms with van der Waals surface area (Å²) in [5.74, 6) is 0.356. The zero-order valence-electron chi connectivity index (χ0n) is 15.1. The number of hydrogen-bond acceptors (Lipinski definition) is 7. The molecule has 3 aromatic rings. The van der Waals surface area contributed by atoms with Gasteiger partial charge in [0.2, 0.25) is 0 Å². The van der Waals surface area contributed by atoms with Crippen LogP contribution in [0.5, 0.6) is 5.75 Å². The number of ether oxygens (including phenoxy) is 2. The molecule has 8 nitrogen and oxygen atoms in total. The van der Waals surface area contributed by atoms with Gasteiger partial charge in [-0.05, 0) is 25.1 Å². The number of aromatic nitrogens is 3. The van der Waals surface area contributed by atoms with Gasteiger partial charge < -0.3 is 19.9 Å². The first-order chi connectivity index (χ1) is 13.0. The van der Waals surface area contributed by atoms with Gasteiger partial charge in [0.1, 0.15) is 23.6 Å². The third kappa shape index (κ3) is 3.29. The van der Waals surface area contributed by atoms with Crippen LogP contribution in [-0.4, -0.2) is 51.1 Å². The monoisotopic (exact) mass is 388 g/mol. The van der Waals surface area contributed by atoms with E-state index in [0.717, 1.165) is 10.6 Å². The van der Waals surface area contributed by atoms with Gasteiger partial charge in [-0.25, -0.2) is 4.98 Å². The Morgan fingerprint density at radius 2 is 2.30 bits per heavy atom. The van der Waals surface area contributed by atoms with Crippen molar-refractivity contribution in [1.29, 1.82) is 0 Å². The highest BCUT2D eigenvalue weighted by molar-refractivity contribution is 7.09. The summed E-state index contributed by atoms with van der Waals surface area (Å²) in [5.41, 5.74) is 3.16. The Kier molecular flexibility index (Phi) is 4.58. The topological polar surface area (TPSA) is 98.5 Å². The molecule has 2 aromatic heterocycles. The Labute approximate surface area is 159 Å². The van der Waals surface area contributed by atoms with Gasteiger partial charge in [-0.3, -0.25) is 9.48 Å². The van der Waals surface area contributed by atoms with E-state index < -0.39 is 5.54 Å². The summed E-state index contributed by atoms with van der Waals surface area (Å²) in [6, 6.07) is 5.48. The zero-order valence-corrected chi connectivity index (χ0v) is 15.9. The third-order valence-corrected chi connectivity index (χ3v) is 5.58. The van der Waals surface area contributed by atoms with E-state index in [-0.39, 0.29) is 12.5 Å². The van der Waals surface area contributed by atoms with Gasteiger partial charge >= 0.3 is 0 Å². The van der Waals surface area contributed by atoms with Crippen LogP contribution in [0.1, 0.15) is 21.1 Å². The molecular weight excluding hydrogens is 368 g/mol. The fourth-order valence-corrected chi connectivity index (χ4v) is 3.69. The van der Waals surface area contributed by atoms with E-state index in [2.05, 4.69) is 15.4 Å². The number of amides is 1. The number of benzene rings is 1. The largest absolute Gasteiger partial charge is 0.488 e. The van der Waals surface area contributed by atoms with Crippen LogP contribution in [0.3, 0.4) is 0 Å². The molecule has 0 spiro atoms. The van der Waals surface area contributed by atoms with Crippen LogP contribution in [0.15, 0.2) is 23.7 Å². The molecule has 0 saturated carbocycles. The van der Waals surface area contributed by atoms with Crippen LogP contribution >= 0.6 is 11.3 Å². The molecular formula is C18H20N4O4S. The van der Waals surface area contributed by atoms with Crippen LogP contribution in [0, 0.1) is 6.92 Å². The molecule has 4 rings (SSSR count). The number of aliphatic hydroxyl groups is 1. The normalized spacial score (nSPS) is 15.5. The van der Waals surface area contributed by atoms with Crippen LogP contribution in [0.2, 0.25) is 0 Å². The molecule has 1 fully saturated rings. The fourth-order valence-electron chi connectivity index (χ4n) is 3.00. The van der Waals surface area contributed by atoms with Crippen molar-refractivity contribution >= 4 is 28.1 Å². The standard InChI is InChI=1S/C18H20N4O4S/c1-11-15(27-10-19-11)6-26-12-3-4-14-13(5-12)16(22(2)21-14)17(24)20-18(7-23)8-25-9-18/h3-5,10,23H,6-9H2,1-2H3,(H,20,24). The number of rotatable bonds is 6. The smallest absolute Gasteiger partial charge is 0.270 e. The lowest BCUT2D eigenvalue weighted by Gasteiger charge is -2.40. The number of nitrogens with zero attached hydrogens (tertiary/aromatic N) is 3. The summed E-state index contributed by atoms with van der Waals surface area (Å²) in [6.07, 6.45) is 0. The average molecular weight is 388 g/mol. The molecule has 0 unspecified atom stereocenters. The van der Waals surface area contributed by atoms with Gasteiger partial charge in [-0.1, -0.05) is 0 Å². The minimum atomic E-state index is -0.717. The molecule has 1 saturated heterocycles. The third-order valence-electron chi connectivity index (χ3n) is 4.67. The number of aliphatic hydroxyl groups excluding tert-OH is 1. The maximum atomic E-state index is 12.8. The van der Waals surface area contributed by atoms with Crippen molar-refractivity contribution in [2.45, 2.75) is 19.1 Å². The lowest BCUT2D eigenvalue weighted by molar-refractivity contribution is -0.0920. The molecule has 1 aliphatic heterocycles. The second-order valence-corrected chi connectivity index (χ2v) is 7.63. The first kappa shape index (κ1) is 17.9. The van der Waals surface area contributed by atoms with Crippen LogP contribution < -0.4 is 10.1 Å².